The molecule has 0 saturated carbocycles. The Kier molecular flexibility index (Phi) is 5.22. The number of aromatic nitrogens is 4. The highest BCUT2D eigenvalue weighted by atomic mass is 16.5. The molecule has 0 radical (unpaired) electrons. The molecule has 2 aromatic heterocycles. The molecule has 8 nitrogen and oxygen atoms in total. The van der Waals surface area contributed by atoms with Gasteiger partial charge in [-0.1, -0.05) is 48.5 Å². The zero-order chi connectivity index (χ0) is 23.0. The molecule has 2 aliphatic heterocycles. The zero-order valence-corrected chi connectivity index (χ0v) is 18.7. The second-order valence-corrected chi connectivity index (χ2v) is 8.92. The molecule has 0 amide bonds. The van der Waals surface area contributed by atoms with Gasteiger partial charge >= 0.3 is 0 Å². The number of rotatable bonds is 4. The Morgan fingerprint density at radius 1 is 0.824 bits per heavy atom. The van der Waals surface area contributed by atoms with E-state index < -0.39 is 6.10 Å². The van der Waals surface area contributed by atoms with E-state index >= 15 is 0 Å². The highest BCUT2D eigenvalue weighted by molar-refractivity contribution is 5.49. The van der Waals surface area contributed by atoms with Gasteiger partial charge in [0.15, 0.2) is 11.9 Å². The minimum atomic E-state index is -0.982. The number of hydrogen-bond acceptors (Lipinski definition) is 8. The largest absolute Gasteiger partial charge is 0.487 e. The van der Waals surface area contributed by atoms with Gasteiger partial charge in [0, 0.05) is 25.9 Å². The van der Waals surface area contributed by atoms with E-state index in [4.69, 9.17) is 9.15 Å². The molecule has 1 unspecified atom stereocenters. The van der Waals surface area contributed by atoms with Crippen LogP contribution >= 0.6 is 0 Å². The Bertz CT molecular complexity index is 1270. The second kappa shape index (κ2) is 8.53. The van der Waals surface area contributed by atoms with Crippen molar-refractivity contribution in [3.8, 4) is 17.3 Å². The topological polar surface area (TPSA) is 97.4 Å². The number of aryl methyl sites for hydroxylation is 1. The average Bonchev–Trinajstić information content (AvgIpc) is 3.40. The van der Waals surface area contributed by atoms with Gasteiger partial charge in [0.25, 0.3) is 5.89 Å². The molecule has 2 aromatic carbocycles. The van der Waals surface area contributed by atoms with Gasteiger partial charge in [0.05, 0.1) is 0 Å². The lowest BCUT2D eigenvalue weighted by Crippen LogP contribution is -2.50. The first-order valence-electron chi connectivity index (χ1n) is 11.6. The molecule has 1 spiro atoms. The molecule has 34 heavy (non-hydrogen) atoms. The Hall–Kier alpha value is -3.78. The lowest BCUT2D eigenvalue weighted by atomic mass is 9.83. The van der Waals surface area contributed by atoms with Crippen LogP contribution in [0.15, 0.2) is 71.1 Å². The van der Waals surface area contributed by atoms with Crippen molar-refractivity contribution in [2.24, 2.45) is 0 Å². The number of aliphatic hydroxyl groups is 1. The molecule has 4 heterocycles. The first kappa shape index (κ1) is 20.8. The molecule has 1 fully saturated rings. The van der Waals surface area contributed by atoms with Crippen molar-refractivity contribution in [1.82, 2.24) is 20.4 Å². The number of nitrogens with zero attached hydrogens (tertiary/aromatic N) is 5. The highest BCUT2D eigenvalue weighted by Gasteiger charge is 2.39. The van der Waals surface area contributed by atoms with Crippen molar-refractivity contribution in [2.45, 2.75) is 37.4 Å². The number of aliphatic hydroxyl groups excluding tert-OH is 1. The van der Waals surface area contributed by atoms with Crippen LogP contribution in [0, 0.1) is 0 Å². The Morgan fingerprint density at radius 3 is 2.41 bits per heavy atom. The monoisotopic (exact) mass is 455 g/mol. The van der Waals surface area contributed by atoms with E-state index in [9.17, 15) is 5.11 Å². The quantitative estimate of drug-likeness (QED) is 0.494. The van der Waals surface area contributed by atoms with E-state index in [1.165, 1.54) is 5.56 Å². The molecule has 172 valence electrons. The average molecular weight is 456 g/mol. The van der Waals surface area contributed by atoms with Gasteiger partial charge in [-0.15, -0.1) is 20.4 Å². The fourth-order valence-electron chi connectivity index (χ4n) is 4.79. The molecule has 6 rings (SSSR count). The SMILES string of the molecule is OC(c1ccccc1)c1nnc(-c2ccc(N3CCC4(CCc5ccccc5O4)CC3)nn2)o1. The number of fused-ring (bicyclic) bond motifs is 1. The number of benzene rings is 2. The lowest BCUT2D eigenvalue weighted by molar-refractivity contribution is 0.0224. The van der Waals surface area contributed by atoms with Crippen molar-refractivity contribution >= 4 is 5.82 Å². The summed E-state index contributed by atoms with van der Waals surface area (Å²) in [6, 6.07) is 21.3. The molecule has 1 saturated heterocycles. The van der Waals surface area contributed by atoms with E-state index in [1.807, 2.05) is 48.5 Å². The van der Waals surface area contributed by atoms with E-state index in [2.05, 4.69) is 43.5 Å². The molecular formula is C26H25N5O3. The summed E-state index contributed by atoms with van der Waals surface area (Å²) in [7, 11) is 0. The third-order valence-electron chi connectivity index (χ3n) is 6.81. The Morgan fingerprint density at radius 2 is 1.62 bits per heavy atom. The van der Waals surface area contributed by atoms with Crippen LogP contribution in [0.2, 0.25) is 0 Å². The van der Waals surface area contributed by atoms with E-state index in [0.717, 1.165) is 50.3 Å². The van der Waals surface area contributed by atoms with Crippen LogP contribution in [0.4, 0.5) is 5.82 Å². The summed E-state index contributed by atoms with van der Waals surface area (Å²) in [4.78, 5) is 2.24. The first-order valence-corrected chi connectivity index (χ1v) is 11.6. The number of para-hydroxylation sites is 1. The van der Waals surface area contributed by atoms with Gasteiger partial charge in [0.2, 0.25) is 5.89 Å². The van der Waals surface area contributed by atoms with Gasteiger partial charge in [-0.2, -0.15) is 0 Å². The Balaban J connectivity index is 1.11. The summed E-state index contributed by atoms with van der Waals surface area (Å²) in [5, 5.41) is 27.2. The molecule has 1 atom stereocenters. The van der Waals surface area contributed by atoms with Gasteiger partial charge in [-0.25, -0.2) is 0 Å². The van der Waals surface area contributed by atoms with Crippen LogP contribution in [0.3, 0.4) is 0 Å². The van der Waals surface area contributed by atoms with Crippen molar-refractivity contribution in [3.63, 3.8) is 0 Å². The molecular weight excluding hydrogens is 430 g/mol. The maximum absolute atomic E-state index is 10.5. The van der Waals surface area contributed by atoms with E-state index in [1.54, 1.807) is 0 Å². The van der Waals surface area contributed by atoms with Gasteiger partial charge in [-0.3, -0.25) is 0 Å². The number of anilines is 1. The zero-order valence-electron chi connectivity index (χ0n) is 18.7. The third-order valence-corrected chi connectivity index (χ3v) is 6.81. The smallest absolute Gasteiger partial charge is 0.268 e. The molecule has 4 aromatic rings. The van der Waals surface area contributed by atoms with Crippen LogP contribution in [0.5, 0.6) is 5.75 Å². The van der Waals surface area contributed by atoms with E-state index in [-0.39, 0.29) is 17.4 Å². The number of hydrogen-bond donors (Lipinski definition) is 1. The van der Waals surface area contributed by atoms with Gasteiger partial charge in [-0.05, 0) is 42.2 Å². The standard InChI is InChI=1S/C26H25N5O3/c32-23(19-7-2-1-3-8-19)25-30-29-24(33-25)20-10-11-22(28-27-20)31-16-14-26(15-17-31)13-12-18-6-4-5-9-21(18)34-26/h1-11,23,32H,12-17H2. The highest BCUT2D eigenvalue weighted by Crippen LogP contribution is 2.39. The van der Waals surface area contributed by atoms with Crippen molar-refractivity contribution in [3.05, 3.63) is 83.7 Å². The van der Waals surface area contributed by atoms with Gasteiger partial charge < -0.3 is 19.2 Å². The fourth-order valence-corrected chi connectivity index (χ4v) is 4.79. The minimum absolute atomic E-state index is 0.0853. The summed E-state index contributed by atoms with van der Waals surface area (Å²) in [5.74, 6) is 2.21. The minimum Gasteiger partial charge on any atom is -0.487 e. The summed E-state index contributed by atoms with van der Waals surface area (Å²) in [5.41, 5.74) is 2.38. The summed E-state index contributed by atoms with van der Waals surface area (Å²) >= 11 is 0. The van der Waals surface area contributed by atoms with Crippen LogP contribution in [-0.2, 0) is 6.42 Å². The van der Waals surface area contributed by atoms with Gasteiger partial charge in [0.1, 0.15) is 17.0 Å². The van der Waals surface area contributed by atoms with Crippen molar-refractivity contribution in [2.75, 3.05) is 18.0 Å². The van der Waals surface area contributed by atoms with Crippen molar-refractivity contribution in [1.29, 1.82) is 0 Å². The predicted molar refractivity (Wildman–Crippen MR) is 125 cm³/mol. The van der Waals surface area contributed by atoms with Crippen LogP contribution in [-0.4, -0.2) is 44.2 Å². The maximum Gasteiger partial charge on any atom is 0.268 e. The molecule has 0 aliphatic carbocycles. The van der Waals surface area contributed by atoms with Crippen LogP contribution in [0.25, 0.3) is 11.6 Å². The number of piperidine rings is 1. The summed E-state index contributed by atoms with van der Waals surface area (Å²) in [6.45, 7) is 1.73. The number of ether oxygens (including phenoxy) is 1. The Labute approximate surface area is 197 Å². The maximum atomic E-state index is 10.5. The second-order valence-electron chi connectivity index (χ2n) is 8.92. The first-order chi connectivity index (χ1) is 16.7. The predicted octanol–water partition coefficient (Wildman–Crippen LogP) is 3.97. The molecule has 1 N–H and O–H groups in total. The molecule has 0 bridgehead atoms. The normalized spacial score (nSPS) is 17.7. The molecule has 8 heteroatoms. The third kappa shape index (κ3) is 3.90. The fraction of sp³-hybridized carbons (Fsp3) is 0.308. The van der Waals surface area contributed by atoms with Crippen LogP contribution in [0.1, 0.15) is 42.4 Å². The lowest BCUT2D eigenvalue weighted by Gasteiger charge is -2.44. The summed E-state index contributed by atoms with van der Waals surface area (Å²) < 4.78 is 12.1. The van der Waals surface area contributed by atoms with E-state index in [0.29, 0.717) is 11.3 Å². The van der Waals surface area contributed by atoms with Crippen molar-refractivity contribution < 1.29 is 14.3 Å². The summed E-state index contributed by atoms with van der Waals surface area (Å²) in [6.07, 6.45) is 3.04. The van der Waals surface area contributed by atoms with Crippen LogP contribution < -0.4 is 9.64 Å². The molecule has 2 aliphatic rings.